The van der Waals surface area contributed by atoms with Crippen LogP contribution in [0.1, 0.15) is 49.4 Å². The first-order valence-electron chi connectivity index (χ1n) is 6.44. The van der Waals surface area contributed by atoms with Crippen LogP contribution in [0.15, 0.2) is 10.6 Å². The number of hydrogen-bond donors (Lipinski definition) is 1. The van der Waals surface area contributed by atoms with Gasteiger partial charge in [-0.25, -0.2) is 0 Å². The lowest BCUT2D eigenvalue weighted by Crippen LogP contribution is -2.05. The summed E-state index contributed by atoms with van der Waals surface area (Å²) in [4.78, 5) is 5.56. The summed E-state index contributed by atoms with van der Waals surface area (Å²) in [7, 11) is 0. The van der Waals surface area contributed by atoms with Crippen molar-refractivity contribution in [1.82, 2.24) is 10.1 Å². The van der Waals surface area contributed by atoms with Crippen LogP contribution in [0.2, 0.25) is 0 Å². The van der Waals surface area contributed by atoms with Crippen molar-refractivity contribution in [2.45, 2.75) is 44.9 Å². The molecule has 0 aliphatic heterocycles. The van der Waals surface area contributed by atoms with Gasteiger partial charge < -0.3 is 10.3 Å². The van der Waals surface area contributed by atoms with E-state index in [1.807, 2.05) is 13.0 Å². The molecule has 1 saturated carbocycles. The summed E-state index contributed by atoms with van der Waals surface area (Å²) in [6.45, 7) is 2.02. The van der Waals surface area contributed by atoms with Crippen LogP contribution < -0.4 is 5.73 Å². The minimum atomic E-state index is 0.480. The number of hydrogen-bond acceptors (Lipinski definition) is 5. The molecule has 0 radical (unpaired) electrons. The van der Waals surface area contributed by atoms with E-state index in [9.17, 15) is 0 Å². The molecule has 2 aromatic heterocycles. The SMILES string of the molecule is Cc1cc(N)sc1-c1nc(C2CCCCC2)no1. The van der Waals surface area contributed by atoms with Gasteiger partial charge in [-0.15, -0.1) is 11.3 Å². The standard InChI is InChI=1S/C13H17N3OS/c1-8-7-10(14)18-11(8)13-15-12(16-17-13)9-5-3-2-4-6-9/h7,9H,2-6,14H2,1H3. The highest BCUT2D eigenvalue weighted by Gasteiger charge is 2.22. The molecule has 1 fully saturated rings. The maximum atomic E-state index is 5.80. The second kappa shape index (κ2) is 4.72. The molecule has 0 bridgehead atoms. The van der Waals surface area contributed by atoms with Crippen molar-refractivity contribution in [2.75, 3.05) is 5.73 Å². The largest absolute Gasteiger partial charge is 0.391 e. The van der Waals surface area contributed by atoms with E-state index in [-0.39, 0.29) is 0 Å². The number of anilines is 1. The number of nitrogens with zero attached hydrogens (tertiary/aromatic N) is 2. The Hall–Kier alpha value is -1.36. The minimum Gasteiger partial charge on any atom is -0.391 e. The lowest BCUT2D eigenvalue weighted by Gasteiger charge is -2.17. The molecule has 0 spiro atoms. The maximum absolute atomic E-state index is 5.80. The van der Waals surface area contributed by atoms with E-state index >= 15 is 0 Å². The number of rotatable bonds is 2. The highest BCUT2D eigenvalue weighted by Crippen LogP contribution is 2.35. The maximum Gasteiger partial charge on any atom is 0.268 e. The first-order valence-corrected chi connectivity index (χ1v) is 7.25. The summed E-state index contributed by atoms with van der Waals surface area (Å²) in [6.07, 6.45) is 6.26. The summed E-state index contributed by atoms with van der Waals surface area (Å²) in [5, 5.41) is 4.94. The lowest BCUT2D eigenvalue weighted by molar-refractivity contribution is 0.385. The molecule has 18 heavy (non-hydrogen) atoms. The smallest absolute Gasteiger partial charge is 0.268 e. The van der Waals surface area contributed by atoms with Gasteiger partial charge in [-0.05, 0) is 31.4 Å². The van der Waals surface area contributed by atoms with Crippen LogP contribution in [0.25, 0.3) is 10.8 Å². The Morgan fingerprint density at radius 1 is 1.33 bits per heavy atom. The van der Waals surface area contributed by atoms with Crippen molar-refractivity contribution in [1.29, 1.82) is 0 Å². The zero-order chi connectivity index (χ0) is 12.5. The molecular weight excluding hydrogens is 246 g/mol. The van der Waals surface area contributed by atoms with Crippen LogP contribution in [0.5, 0.6) is 0 Å². The third-order valence-corrected chi connectivity index (χ3v) is 4.60. The Morgan fingerprint density at radius 3 is 2.78 bits per heavy atom. The number of aromatic nitrogens is 2. The normalized spacial score (nSPS) is 17.2. The number of thiophene rings is 1. The van der Waals surface area contributed by atoms with Gasteiger partial charge >= 0.3 is 0 Å². The van der Waals surface area contributed by atoms with E-state index in [4.69, 9.17) is 10.3 Å². The molecule has 0 atom stereocenters. The van der Waals surface area contributed by atoms with Gasteiger partial charge in [0, 0.05) is 5.92 Å². The molecule has 3 rings (SSSR count). The highest BCUT2D eigenvalue weighted by atomic mass is 32.1. The van der Waals surface area contributed by atoms with E-state index in [2.05, 4.69) is 10.1 Å². The summed E-state index contributed by atoms with van der Waals surface area (Å²) < 4.78 is 5.39. The molecular formula is C13H17N3OS. The van der Waals surface area contributed by atoms with Gasteiger partial charge in [0.25, 0.3) is 5.89 Å². The Labute approximate surface area is 110 Å². The number of nitrogen functional groups attached to an aromatic ring is 1. The van der Waals surface area contributed by atoms with Gasteiger partial charge in [0.2, 0.25) is 0 Å². The van der Waals surface area contributed by atoms with Crippen molar-refractivity contribution >= 4 is 16.3 Å². The molecule has 5 heteroatoms. The molecule has 2 heterocycles. The molecule has 4 nitrogen and oxygen atoms in total. The topological polar surface area (TPSA) is 64.9 Å². The Morgan fingerprint density at radius 2 is 2.11 bits per heavy atom. The fraction of sp³-hybridized carbons (Fsp3) is 0.538. The molecule has 1 aliphatic rings. The second-order valence-electron chi connectivity index (χ2n) is 4.95. The van der Waals surface area contributed by atoms with Crippen LogP contribution >= 0.6 is 11.3 Å². The van der Waals surface area contributed by atoms with Gasteiger partial charge in [-0.2, -0.15) is 4.98 Å². The predicted octanol–water partition coefficient (Wildman–Crippen LogP) is 3.74. The van der Waals surface area contributed by atoms with Crippen LogP contribution in [-0.4, -0.2) is 10.1 Å². The monoisotopic (exact) mass is 263 g/mol. The van der Waals surface area contributed by atoms with E-state index in [0.717, 1.165) is 21.3 Å². The third kappa shape index (κ3) is 2.14. The summed E-state index contributed by atoms with van der Waals surface area (Å²) in [6, 6.07) is 1.95. The van der Waals surface area contributed by atoms with Gasteiger partial charge in [0.05, 0.1) is 9.88 Å². The molecule has 0 saturated heterocycles. The molecule has 96 valence electrons. The molecule has 2 N–H and O–H groups in total. The van der Waals surface area contributed by atoms with Gasteiger partial charge in [-0.1, -0.05) is 24.4 Å². The zero-order valence-corrected chi connectivity index (χ0v) is 11.3. The summed E-state index contributed by atoms with van der Waals surface area (Å²) in [5.41, 5.74) is 6.90. The predicted molar refractivity (Wildman–Crippen MR) is 72.6 cm³/mol. The first kappa shape index (κ1) is 11.7. The zero-order valence-electron chi connectivity index (χ0n) is 10.5. The van der Waals surface area contributed by atoms with Crippen molar-refractivity contribution < 1.29 is 4.52 Å². The number of aryl methyl sites for hydroxylation is 1. The van der Waals surface area contributed by atoms with E-state index in [1.54, 1.807) is 0 Å². The summed E-state index contributed by atoms with van der Waals surface area (Å²) in [5.74, 6) is 1.97. The third-order valence-electron chi connectivity index (χ3n) is 3.54. The van der Waals surface area contributed by atoms with Crippen molar-refractivity contribution in [3.63, 3.8) is 0 Å². The number of nitrogens with two attached hydrogens (primary N) is 1. The van der Waals surface area contributed by atoms with Crippen LogP contribution in [0.3, 0.4) is 0 Å². The molecule has 2 aromatic rings. The molecule has 1 aliphatic carbocycles. The fourth-order valence-corrected chi connectivity index (χ4v) is 3.43. The average Bonchev–Trinajstić information content (AvgIpc) is 2.97. The van der Waals surface area contributed by atoms with E-state index < -0.39 is 0 Å². The van der Waals surface area contributed by atoms with Crippen LogP contribution in [-0.2, 0) is 0 Å². The van der Waals surface area contributed by atoms with E-state index in [0.29, 0.717) is 11.8 Å². The minimum absolute atomic E-state index is 0.480. The quantitative estimate of drug-likeness (QED) is 0.896. The van der Waals surface area contributed by atoms with Crippen LogP contribution in [0, 0.1) is 6.92 Å². The first-order chi connectivity index (χ1) is 8.74. The Bertz CT molecular complexity index is 540. The lowest BCUT2D eigenvalue weighted by atomic mass is 9.89. The Balaban J connectivity index is 1.86. The van der Waals surface area contributed by atoms with Crippen molar-refractivity contribution in [3.8, 4) is 10.8 Å². The van der Waals surface area contributed by atoms with Gasteiger partial charge in [0.1, 0.15) is 0 Å². The fourth-order valence-electron chi connectivity index (χ4n) is 2.57. The average molecular weight is 263 g/mol. The highest BCUT2D eigenvalue weighted by molar-refractivity contribution is 7.19. The van der Waals surface area contributed by atoms with E-state index in [1.165, 1.54) is 43.4 Å². The van der Waals surface area contributed by atoms with Gasteiger partial charge in [-0.3, -0.25) is 0 Å². The van der Waals surface area contributed by atoms with Crippen molar-refractivity contribution in [3.05, 3.63) is 17.5 Å². The molecule has 0 aromatic carbocycles. The van der Waals surface area contributed by atoms with Crippen LogP contribution in [0.4, 0.5) is 5.00 Å². The second-order valence-corrected chi connectivity index (χ2v) is 6.04. The van der Waals surface area contributed by atoms with Gasteiger partial charge in [0.15, 0.2) is 5.82 Å². The Kier molecular flexibility index (Phi) is 3.07. The summed E-state index contributed by atoms with van der Waals surface area (Å²) >= 11 is 1.51. The molecule has 0 amide bonds. The van der Waals surface area contributed by atoms with Crippen molar-refractivity contribution in [2.24, 2.45) is 0 Å². The molecule has 0 unspecified atom stereocenters.